The van der Waals surface area contributed by atoms with Crippen LogP contribution in [0.2, 0.25) is 0 Å². The van der Waals surface area contributed by atoms with Gasteiger partial charge in [0.25, 0.3) is 5.91 Å². The summed E-state index contributed by atoms with van der Waals surface area (Å²) < 4.78 is 0.528. The SMILES string of the molecule is O=C(Nc1ncc([N+](=O)[O-])s1)c1ccnc(Br)c1. The van der Waals surface area contributed by atoms with Crippen LogP contribution < -0.4 is 5.32 Å². The molecule has 0 fully saturated rings. The molecule has 92 valence electrons. The number of rotatable bonds is 3. The van der Waals surface area contributed by atoms with E-state index in [4.69, 9.17) is 0 Å². The Kier molecular flexibility index (Phi) is 3.63. The van der Waals surface area contributed by atoms with Gasteiger partial charge in [0.15, 0.2) is 5.13 Å². The Morgan fingerprint density at radius 2 is 2.28 bits per heavy atom. The average Bonchev–Trinajstić information content (AvgIpc) is 2.77. The molecule has 0 aliphatic heterocycles. The number of carbonyl (C=O) groups is 1. The Morgan fingerprint density at radius 1 is 1.50 bits per heavy atom. The maximum Gasteiger partial charge on any atom is 0.345 e. The van der Waals surface area contributed by atoms with E-state index < -0.39 is 10.8 Å². The molecule has 2 aromatic rings. The zero-order chi connectivity index (χ0) is 13.1. The highest BCUT2D eigenvalue weighted by atomic mass is 79.9. The molecule has 2 aromatic heterocycles. The minimum Gasteiger partial charge on any atom is -0.298 e. The smallest absolute Gasteiger partial charge is 0.298 e. The first-order valence-corrected chi connectivity index (χ1v) is 6.20. The second kappa shape index (κ2) is 5.19. The third kappa shape index (κ3) is 2.87. The number of hydrogen-bond acceptors (Lipinski definition) is 6. The zero-order valence-electron chi connectivity index (χ0n) is 8.66. The van der Waals surface area contributed by atoms with E-state index >= 15 is 0 Å². The van der Waals surface area contributed by atoms with E-state index in [0.717, 1.165) is 17.5 Å². The number of nitro groups is 1. The molecular weight excluding hydrogens is 324 g/mol. The number of hydrogen-bond donors (Lipinski definition) is 1. The zero-order valence-corrected chi connectivity index (χ0v) is 11.1. The summed E-state index contributed by atoms with van der Waals surface area (Å²) in [7, 11) is 0. The van der Waals surface area contributed by atoms with Crippen LogP contribution in [-0.2, 0) is 0 Å². The lowest BCUT2D eigenvalue weighted by atomic mass is 10.2. The van der Waals surface area contributed by atoms with Crippen molar-refractivity contribution in [3.8, 4) is 0 Å². The van der Waals surface area contributed by atoms with Crippen LogP contribution in [0, 0.1) is 10.1 Å². The second-order valence-corrected chi connectivity index (χ2v) is 4.90. The van der Waals surface area contributed by atoms with E-state index in [-0.39, 0.29) is 10.1 Å². The molecule has 2 heterocycles. The van der Waals surface area contributed by atoms with Crippen molar-refractivity contribution in [3.63, 3.8) is 0 Å². The van der Waals surface area contributed by atoms with Crippen molar-refractivity contribution in [1.82, 2.24) is 9.97 Å². The highest BCUT2D eigenvalue weighted by Gasteiger charge is 2.14. The average molecular weight is 329 g/mol. The molecule has 0 spiro atoms. The van der Waals surface area contributed by atoms with Crippen molar-refractivity contribution in [1.29, 1.82) is 0 Å². The van der Waals surface area contributed by atoms with Crippen molar-refractivity contribution in [2.75, 3.05) is 5.32 Å². The van der Waals surface area contributed by atoms with Gasteiger partial charge in [-0.05, 0) is 39.4 Å². The first-order chi connectivity index (χ1) is 8.56. The van der Waals surface area contributed by atoms with Crippen LogP contribution in [0.1, 0.15) is 10.4 Å². The monoisotopic (exact) mass is 328 g/mol. The van der Waals surface area contributed by atoms with E-state index in [1.54, 1.807) is 0 Å². The molecule has 0 aliphatic rings. The summed E-state index contributed by atoms with van der Waals surface area (Å²) in [6.45, 7) is 0. The molecule has 0 aliphatic carbocycles. The highest BCUT2D eigenvalue weighted by Crippen LogP contribution is 2.25. The molecule has 1 amide bonds. The fourth-order valence-electron chi connectivity index (χ4n) is 1.12. The van der Waals surface area contributed by atoms with Crippen LogP contribution in [0.5, 0.6) is 0 Å². The quantitative estimate of drug-likeness (QED) is 0.530. The number of carbonyl (C=O) groups excluding carboxylic acids is 1. The predicted octanol–water partition coefficient (Wildman–Crippen LogP) is 2.46. The molecule has 1 N–H and O–H groups in total. The largest absolute Gasteiger partial charge is 0.345 e. The molecule has 9 heteroatoms. The van der Waals surface area contributed by atoms with Crippen molar-refractivity contribution in [2.24, 2.45) is 0 Å². The Balaban J connectivity index is 2.13. The number of aromatic nitrogens is 2. The lowest BCUT2D eigenvalue weighted by Crippen LogP contribution is -2.11. The highest BCUT2D eigenvalue weighted by molar-refractivity contribution is 9.10. The van der Waals surface area contributed by atoms with Crippen LogP contribution in [0.4, 0.5) is 10.1 Å². The fourth-order valence-corrected chi connectivity index (χ4v) is 2.11. The summed E-state index contributed by atoms with van der Waals surface area (Å²) in [5.74, 6) is -0.401. The van der Waals surface area contributed by atoms with Gasteiger partial charge >= 0.3 is 5.00 Å². The van der Waals surface area contributed by atoms with Gasteiger partial charge in [0.1, 0.15) is 10.8 Å². The lowest BCUT2D eigenvalue weighted by Gasteiger charge is -2.00. The Bertz CT molecular complexity index is 615. The van der Waals surface area contributed by atoms with Gasteiger partial charge in [-0.2, -0.15) is 0 Å². The lowest BCUT2D eigenvalue weighted by molar-refractivity contribution is -0.380. The van der Waals surface area contributed by atoms with E-state index in [9.17, 15) is 14.9 Å². The van der Waals surface area contributed by atoms with E-state index in [1.165, 1.54) is 18.3 Å². The summed E-state index contributed by atoms with van der Waals surface area (Å²) in [6, 6.07) is 3.07. The van der Waals surface area contributed by atoms with E-state index in [0.29, 0.717) is 10.2 Å². The first kappa shape index (κ1) is 12.6. The summed E-state index contributed by atoms with van der Waals surface area (Å²) in [6.07, 6.45) is 2.58. The van der Waals surface area contributed by atoms with Gasteiger partial charge in [0, 0.05) is 11.8 Å². The molecule has 0 radical (unpaired) electrons. The van der Waals surface area contributed by atoms with Crippen LogP contribution in [0.25, 0.3) is 0 Å². The van der Waals surface area contributed by atoms with Crippen LogP contribution in [-0.4, -0.2) is 20.8 Å². The van der Waals surface area contributed by atoms with E-state index in [2.05, 4.69) is 31.2 Å². The molecular formula is C9H5BrN4O3S. The Morgan fingerprint density at radius 3 is 2.89 bits per heavy atom. The van der Waals surface area contributed by atoms with Gasteiger partial charge in [-0.15, -0.1) is 0 Å². The number of thiazole rings is 1. The summed E-state index contributed by atoms with van der Waals surface area (Å²) in [5.41, 5.74) is 0.384. The maximum absolute atomic E-state index is 11.8. The Hall–Kier alpha value is -1.87. The van der Waals surface area contributed by atoms with Gasteiger partial charge < -0.3 is 0 Å². The number of anilines is 1. The summed E-state index contributed by atoms with van der Waals surface area (Å²) in [5, 5.41) is 13.0. The van der Waals surface area contributed by atoms with Gasteiger partial charge in [-0.1, -0.05) is 0 Å². The van der Waals surface area contributed by atoms with Crippen LogP contribution >= 0.6 is 27.3 Å². The molecule has 7 nitrogen and oxygen atoms in total. The first-order valence-electron chi connectivity index (χ1n) is 4.59. The third-order valence-corrected chi connectivity index (χ3v) is 3.18. The Labute approximate surface area is 113 Å². The van der Waals surface area contributed by atoms with Crippen LogP contribution in [0.15, 0.2) is 29.1 Å². The summed E-state index contributed by atoms with van der Waals surface area (Å²) in [4.78, 5) is 29.3. The van der Waals surface area contributed by atoms with Gasteiger partial charge in [0.2, 0.25) is 0 Å². The molecule has 0 atom stereocenters. The number of nitrogens with one attached hydrogen (secondary N) is 1. The second-order valence-electron chi connectivity index (χ2n) is 3.08. The van der Waals surface area contributed by atoms with Crippen molar-refractivity contribution in [3.05, 3.63) is 44.8 Å². The molecule has 18 heavy (non-hydrogen) atoms. The molecule has 0 aromatic carbocycles. The minimum absolute atomic E-state index is 0.124. The standard InChI is InChI=1S/C9H5BrN4O3S/c10-6-3-5(1-2-11-6)8(15)13-9-12-4-7(18-9)14(16)17/h1-4H,(H,12,13,15). The molecule has 0 saturated carbocycles. The topological polar surface area (TPSA) is 98.0 Å². The number of nitrogens with zero attached hydrogens (tertiary/aromatic N) is 3. The fraction of sp³-hybridized carbons (Fsp3) is 0. The van der Waals surface area contributed by atoms with Crippen molar-refractivity contribution >= 4 is 43.3 Å². The number of pyridine rings is 1. The van der Waals surface area contributed by atoms with Crippen LogP contribution in [0.3, 0.4) is 0 Å². The van der Waals surface area contributed by atoms with Gasteiger partial charge in [-0.3, -0.25) is 20.2 Å². The molecule has 0 saturated heterocycles. The molecule has 2 rings (SSSR count). The minimum atomic E-state index is -0.559. The number of amides is 1. The normalized spacial score (nSPS) is 10.1. The van der Waals surface area contributed by atoms with Crippen molar-refractivity contribution in [2.45, 2.75) is 0 Å². The van der Waals surface area contributed by atoms with E-state index in [1.807, 2.05) is 0 Å². The number of halogens is 1. The van der Waals surface area contributed by atoms with Crippen molar-refractivity contribution < 1.29 is 9.72 Å². The molecule has 0 unspecified atom stereocenters. The summed E-state index contributed by atoms with van der Waals surface area (Å²) >= 11 is 3.94. The molecule has 0 bridgehead atoms. The third-order valence-electron chi connectivity index (χ3n) is 1.88. The van der Waals surface area contributed by atoms with Gasteiger partial charge in [-0.25, -0.2) is 9.97 Å². The maximum atomic E-state index is 11.8. The van der Waals surface area contributed by atoms with Gasteiger partial charge in [0.05, 0.1) is 4.92 Å². The predicted molar refractivity (Wildman–Crippen MR) is 68.7 cm³/mol.